The summed E-state index contributed by atoms with van der Waals surface area (Å²) < 4.78 is 0. The lowest BCUT2D eigenvalue weighted by molar-refractivity contribution is -0.168. The number of hydrogen-bond acceptors (Lipinski definition) is 8. The van der Waals surface area contributed by atoms with Crippen LogP contribution in [0.25, 0.3) is 10.9 Å². The van der Waals surface area contributed by atoms with Crippen LogP contribution in [-0.4, -0.2) is 72.5 Å². The molecule has 34 heavy (non-hydrogen) atoms. The second-order valence-corrected chi connectivity index (χ2v) is 13.4. The van der Waals surface area contributed by atoms with Crippen molar-refractivity contribution in [2.45, 2.75) is 27.4 Å². The molecule has 4 saturated heterocycles. The molecular formula is C23H20N4O4S3. The second kappa shape index (κ2) is 6.67. The quantitative estimate of drug-likeness (QED) is 0.388. The minimum atomic E-state index is -1.55. The third kappa shape index (κ3) is 2.03. The van der Waals surface area contributed by atoms with E-state index in [1.54, 1.807) is 0 Å². The van der Waals surface area contributed by atoms with E-state index in [1.165, 1.54) is 37.5 Å². The SMILES string of the molecule is CN1C(=O)[C@]23SSS[C@@]1(CO)C(=O)N2[C@H]1Nc2ccccc2[C@@]1(c1c[nH]c2ccccc12)[C@@H]3O. The molecule has 3 aromatic rings. The van der Waals surface area contributed by atoms with Gasteiger partial charge < -0.3 is 25.4 Å². The summed E-state index contributed by atoms with van der Waals surface area (Å²) in [5, 5.41) is 27.2. The average molecular weight is 513 g/mol. The van der Waals surface area contributed by atoms with Crippen LogP contribution in [0.5, 0.6) is 0 Å². The molecular weight excluding hydrogens is 492 g/mol. The summed E-state index contributed by atoms with van der Waals surface area (Å²) in [6, 6.07) is 15.5. The van der Waals surface area contributed by atoms with Crippen LogP contribution < -0.4 is 5.32 Å². The summed E-state index contributed by atoms with van der Waals surface area (Å²) in [7, 11) is 5.17. The molecule has 5 aliphatic heterocycles. The van der Waals surface area contributed by atoms with Crippen LogP contribution in [-0.2, 0) is 15.0 Å². The zero-order valence-corrected chi connectivity index (χ0v) is 20.3. The zero-order valence-electron chi connectivity index (χ0n) is 17.9. The summed E-state index contributed by atoms with van der Waals surface area (Å²) >= 11 is 0. The van der Waals surface area contributed by atoms with E-state index in [9.17, 15) is 19.8 Å². The molecule has 11 heteroatoms. The van der Waals surface area contributed by atoms with Gasteiger partial charge in [-0.2, -0.15) is 0 Å². The van der Waals surface area contributed by atoms with Crippen LogP contribution >= 0.6 is 31.4 Å². The van der Waals surface area contributed by atoms with Crippen LogP contribution in [0.3, 0.4) is 0 Å². The van der Waals surface area contributed by atoms with E-state index in [-0.39, 0.29) is 11.8 Å². The highest BCUT2D eigenvalue weighted by Crippen LogP contribution is 2.69. The van der Waals surface area contributed by atoms with Gasteiger partial charge in [0.25, 0.3) is 11.8 Å². The Labute approximate surface area is 206 Å². The van der Waals surface area contributed by atoms with Gasteiger partial charge in [0.15, 0.2) is 0 Å². The number of H-pyrrole nitrogens is 1. The molecule has 174 valence electrons. The summed E-state index contributed by atoms with van der Waals surface area (Å²) in [6.45, 7) is -0.519. The molecule has 8 nitrogen and oxygen atoms in total. The first-order valence-electron chi connectivity index (χ1n) is 10.8. The summed E-state index contributed by atoms with van der Waals surface area (Å²) in [6.07, 6.45) is -0.0956. The van der Waals surface area contributed by atoms with Crippen molar-refractivity contribution in [1.82, 2.24) is 14.8 Å². The van der Waals surface area contributed by atoms with Crippen molar-refractivity contribution in [2.24, 2.45) is 0 Å². The zero-order chi connectivity index (χ0) is 23.5. The van der Waals surface area contributed by atoms with E-state index in [4.69, 9.17) is 0 Å². The second-order valence-electron chi connectivity index (χ2n) is 9.02. The maximum atomic E-state index is 14.2. The van der Waals surface area contributed by atoms with E-state index in [0.29, 0.717) is 0 Å². The predicted octanol–water partition coefficient (Wildman–Crippen LogP) is 2.31. The lowest BCUT2D eigenvalue weighted by atomic mass is 9.70. The number of nitrogens with one attached hydrogen (secondary N) is 2. The van der Waals surface area contributed by atoms with E-state index < -0.39 is 34.0 Å². The summed E-state index contributed by atoms with van der Waals surface area (Å²) in [5.41, 5.74) is 2.27. The Balaban J connectivity index is 1.58. The van der Waals surface area contributed by atoms with Gasteiger partial charge in [-0.25, -0.2) is 0 Å². The number of rotatable bonds is 2. The van der Waals surface area contributed by atoms with Gasteiger partial charge in [-0.1, -0.05) is 36.4 Å². The Kier molecular flexibility index (Phi) is 4.12. The smallest absolute Gasteiger partial charge is 0.265 e. The number of benzene rings is 2. The maximum Gasteiger partial charge on any atom is 0.265 e. The van der Waals surface area contributed by atoms with Crippen molar-refractivity contribution in [3.63, 3.8) is 0 Å². The Bertz CT molecular complexity index is 1400. The van der Waals surface area contributed by atoms with E-state index in [1.807, 2.05) is 54.7 Å². The number of fused-ring (bicyclic) bond motifs is 7. The van der Waals surface area contributed by atoms with E-state index >= 15 is 0 Å². The fraction of sp³-hybridized carbons (Fsp3) is 0.304. The van der Waals surface area contributed by atoms with E-state index in [0.717, 1.165) is 38.5 Å². The fourth-order valence-corrected chi connectivity index (χ4v) is 12.1. The molecule has 2 bridgehead atoms. The molecule has 8 rings (SSSR count). The number of aliphatic hydroxyl groups is 2. The number of likely N-dealkylation sites (N-methyl/N-ethyl adjacent to an activating group) is 1. The van der Waals surface area contributed by atoms with Gasteiger partial charge in [0.1, 0.15) is 12.3 Å². The number of piperazine rings is 1. The molecule has 4 fully saturated rings. The number of nitrogens with zero attached hydrogens (tertiary/aromatic N) is 2. The number of hydrogen-bond donors (Lipinski definition) is 4. The highest BCUT2D eigenvalue weighted by molar-refractivity contribution is 9.10. The van der Waals surface area contributed by atoms with Gasteiger partial charge in [-0.05, 0) is 54.7 Å². The largest absolute Gasteiger partial charge is 0.392 e. The van der Waals surface area contributed by atoms with Crippen LogP contribution in [0, 0.1) is 0 Å². The van der Waals surface area contributed by atoms with Crippen LogP contribution in [0.2, 0.25) is 0 Å². The monoisotopic (exact) mass is 512 g/mol. The predicted molar refractivity (Wildman–Crippen MR) is 134 cm³/mol. The van der Waals surface area contributed by atoms with E-state index in [2.05, 4.69) is 10.3 Å². The molecule has 0 unspecified atom stereocenters. The minimum absolute atomic E-state index is 0.384. The minimum Gasteiger partial charge on any atom is -0.392 e. The number of carbonyl (C=O) groups is 2. The van der Waals surface area contributed by atoms with Gasteiger partial charge in [-0.3, -0.25) is 14.5 Å². The number of anilines is 1. The fourth-order valence-electron chi connectivity index (χ4n) is 6.19. The van der Waals surface area contributed by atoms with Gasteiger partial charge >= 0.3 is 0 Å². The van der Waals surface area contributed by atoms with Crippen molar-refractivity contribution in [2.75, 3.05) is 19.0 Å². The van der Waals surface area contributed by atoms with Crippen molar-refractivity contribution in [1.29, 1.82) is 0 Å². The highest BCUT2D eigenvalue weighted by Gasteiger charge is 2.81. The van der Waals surface area contributed by atoms with Gasteiger partial charge in [-0.15, -0.1) is 0 Å². The maximum absolute atomic E-state index is 14.2. The molecule has 1 aromatic heterocycles. The number of aromatic nitrogens is 1. The van der Waals surface area contributed by atoms with Crippen molar-refractivity contribution in [3.05, 3.63) is 65.9 Å². The molecule has 0 radical (unpaired) electrons. The van der Waals surface area contributed by atoms with Crippen LogP contribution in [0.4, 0.5) is 5.69 Å². The lowest BCUT2D eigenvalue weighted by Crippen LogP contribution is -2.75. The topological polar surface area (TPSA) is 109 Å². The molecule has 1 spiro atoms. The van der Waals surface area contributed by atoms with Gasteiger partial charge in [0.2, 0.25) is 9.74 Å². The van der Waals surface area contributed by atoms with Crippen molar-refractivity contribution < 1.29 is 19.8 Å². The Morgan fingerprint density at radius 3 is 2.62 bits per heavy atom. The normalized spacial score (nSPS) is 35.9. The van der Waals surface area contributed by atoms with Crippen molar-refractivity contribution >= 4 is 59.8 Å². The molecule has 5 atom stereocenters. The Hall–Kier alpha value is -2.31. The average Bonchev–Trinajstić information content (AvgIpc) is 3.43. The number of aliphatic hydroxyl groups excluding tert-OH is 2. The summed E-state index contributed by atoms with van der Waals surface area (Å²) in [5.74, 6) is -0.769. The third-order valence-corrected chi connectivity index (χ3v) is 12.9. The van der Waals surface area contributed by atoms with Crippen LogP contribution in [0.15, 0.2) is 54.7 Å². The first-order valence-corrected chi connectivity index (χ1v) is 14.3. The summed E-state index contributed by atoms with van der Waals surface area (Å²) in [4.78, 5) is 31.3. The van der Waals surface area contributed by atoms with Crippen LogP contribution in [0.1, 0.15) is 11.1 Å². The molecule has 2 amide bonds. The molecule has 2 aromatic carbocycles. The number of amides is 2. The first kappa shape index (κ1) is 21.0. The molecule has 0 aliphatic carbocycles. The lowest BCUT2D eigenvalue weighted by Gasteiger charge is -2.50. The first-order chi connectivity index (χ1) is 16.4. The number of carbonyl (C=O) groups excluding carboxylic acids is 2. The van der Waals surface area contributed by atoms with Gasteiger partial charge in [0, 0.05) is 29.8 Å². The van der Waals surface area contributed by atoms with Crippen molar-refractivity contribution in [3.8, 4) is 0 Å². The Morgan fingerprint density at radius 1 is 1.03 bits per heavy atom. The molecule has 5 aliphatic rings. The third-order valence-electron chi connectivity index (χ3n) is 7.80. The number of para-hydroxylation sites is 2. The molecule has 6 heterocycles. The molecule has 0 saturated carbocycles. The molecule has 4 N–H and O–H groups in total. The highest BCUT2D eigenvalue weighted by atomic mass is 33.5. The van der Waals surface area contributed by atoms with Gasteiger partial charge in [0.05, 0.1) is 12.0 Å². The number of aromatic amines is 1. The Morgan fingerprint density at radius 2 is 1.79 bits per heavy atom. The standard InChI is InChI=1S/C23H20N4O4S3/c1-26-20(31)23-17(29)22(14-10-24-15-8-4-2-6-12(14)15)13-7-3-5-9-16(13)25-18(22)27(23)19(30)21(26,11-28)32-34-33-23/h2-10,17-18,24-25,28-29H,11H2,1H3/t17-,18+,21-,22+,23-/m0/s1.